The highest BCUT2D eigenvalue weighted by atomic mass is 32.2. The van der Waals surface area contributed by atoms with Gasteiger partial charge in [-0.15, -0.1) is 11.3 Å². The third-order valence-electron chi connectivity index (χ3n) is 8.90. The van der Waals surface area contributed by atoms with Crippen LogP contribution in [0.15, 0.2) is 24.4 Å². The lowest BCUT2D eigenvalue weighted by atomic mass is 9.53. The minimum Gasteiger partial charge on any atom is -0.383 e. The van der Waals surface area contributed by atoms with E-state index in [0.29, 0.717) is 36.1 Å². The van der Waals surface area contributed by atoms with Crippen molar-refractivity contribution in [1.29, 1.82) is 0 Å². The zero-order valence-electron chi connectivity index (χ0n) is 22.7. The van der Waals surface area contributed by atoms with Crippen LogP contribution in [0.1, 0.15) is 67.4 Å². The number of fused-ring (bicyclic) bond motifs is 5. The maximum Gasteiger partial charge on any atom is 0.306 e. The van der Waals surface area contributed by atoms with Crippen molar-refractivity contribution in [3.05, 3.63) is 40.4 Å². The Kier molecular flexibility index (Phi) is 7.62. The summed E-state index contributed by atoms with van der Waals surface area (Å²) < 4.78 is 58.5. The molecule has 0 aliphatic heterocycles. The Morgan fingerprint density at radius 1 is 1.18 bits per heavy atom. The molecular weight excluding hydrogens is 561 g/mol. The Morgan fingerprint density at radius 2 is 1.95 bits per heavy atom. The second kappa shape index (κ2) is 10.4. The molecule has 5 rings (SSSR count). The van der Waals surface area contributed by atoms with Gasteiger partial charge in [-0.25, -0.2) is 4.98 Å². The average molecular weight is 597 g/mol. The number of nitrogens with zero attached hydrogens (tertiary/aromatic N) is 1. The summed E-state index contributed by atoms with van der Waals surface area (Å²) in [6, 6.07) is 5.56. The van der Waals surface area contributed by atoms with Crippen molar-refractivity contribution < 1.29 is 30.0 Å². The lowest BCUT2D eigenvalue weighted by Crippen LogP contribution is -2.46. The Hall–Kier alpha value is -2.02. The summed E-state index contributed by atoms with van der Waals surface area (Å²) >= 11 is 1.44. The van der Waals surface area contributed by atoms with Gasteiger partial charge in [-0.1, -0.05) is 13.0 Å². The molecule has 3 aliphatic carbocycles. The standard InChI is InChI=1S/C27H36N2O7S3/c1-16-15-28-26(37-16)29-24(30)10-6-18-14-23(36-39(4,33)34)27(2)12-11-21-20-9-7-19(35-38(3,31)32)13-17(20)5-8-22(21)25(18)27/h7,9,13,15,18,21-23,25H,5-6,8,10-12,14H2,1-4H3,(H,28,29,30)/t18-,21?,22?,23+,25?,27-/m1/s1. The number of thiazole rings is 1. The Labute approximate surface area is 235 Å². The fraction of sp³-hybridized carbons (Fsp3) is 0.630. The Balaban J connectivity index is 1.39. The lowest BCUT2D eigenvalue weighted by molar-refractivity contribution is -0.116. The molecule has 0 spiro atoms. The number of hydrogen-bond donors (Lipinski definition) is 1. The van der Waals surface area contributed by atoms with E-state index < -0.39 is 26.3 Å². The molecule has 2 aromatic rings. The van der Waals surface area contributed by atoms with Crippen LogP contribution in [0, 0.1) is 30.1 Å². The molecule has 1 amide bonds. The molecule has 1 N–H and O–H groups in total. The molecule has 0 bridgehead atoms. The van der Waals surface area contributed by atoms with E-state index in [1.54, 1.807) is 12.3 Å². The van der Waals surface area contributed by atoms with Crippen LogP contribution in [0.25, 0.3) is 0 Å². The van der Waals surface area contributed by atoms with E-state index in [1.165, 1.54) is 16.9 Å². The smallest absolute Gasteiger partial charge is 0.306 e. The molecule has 1 heterocycles. The van der Waals surface area contributed by atoms with Crippen LogP contribution in [0.3, 0.4) is 0 Å². The number of anilines is 1. The maximum atomic E-state index is 12.8. The minimum absolute atomic E-state index is 0.0849. The molecule has 0 saturated heterocycles. The predicted molar refractivity (Wildman–Crippen MR) is 150 cm³/mol. The molecule has 1 aromatic heterocycles. The van der Waals surface area contributed by atoms with Gasteiger partial charge in [-0.2, -0.15) is 16.8 Å². The van der Waals surface area contributed by atoms with Crippen LogP contribution in [0.5, 0.6) is 5.75 Å². The van der Waals surface area contributed by atoms with E-state index >= 15 is 0 Å². The molecule has 0 radical (unpaired) electrons. The number of aryl methyl sites for hydroxylation is 2. The topological polar surface area (TPSA) is 129 Å². The van der Waals surface area contributed by atoms with Gasteiger partial charge in [0.2, 0.25) is 5.91 Å². The van der Waals surface area contributed by atoms with Crippen molar-refractivity contribution in [2.75, 3.05) is 17.8 Å². The summed E-state index contributed by atoms with van der Waals surface area (Å²) in [5, 5.41) is 3.49. The molecular formula is C27H36N2O7S3. The van der Waals surface area contributed by atoms with Crippen LogP contribution >= 0.6 is 11.3 Å². The number of amides is 1. The summed E-state index contributed by atoms with van der Waals surface area (Å²) in [5.41, 5.74) is 2.02. The zero-order chi connectivity index (χ0) is 28.2. The van der Waals surface area contributed by atoms with E-state index in [0.717, 1.165) is 48.6 Å². The van der Waals surface area contributed by atoms with Gasteiger partial charge in [0.05, 0.1) is 18.6 Å². The summed E-state index contributed by atoms with van der Waals surface area (Å²) in [5.74, 6) is 1.20. The highest BCUT2D eigenvalue weighted by Crippen LogP contribution is 2.64. The summed E-state index contributed by atoms with van der Waals surface area (Å²) in [7, 11) is -7.24. The van der Waals surface area contributed by atoms with Crippen molar-refractivity contribution in [2.24, 2.45) is 23.2 Å². The van der Waals surface area contributed by atoms with Crippen LogP contribution in [-0.4, -0.2) is 46.3 Å². The summed E-state index contributed by atoms with van der Waals surface area (Å²) in [6.45, 7) is 4.11. The number of benzene rings is 1. The second-order valence-corrected chi connectivity index (χ2v) is 16.1. The zero-order valence-corrected chi connectivity index (χ0v) is 25.1. The first-order valence-corrected chi connectivity index (χ1v) is 17.8. The maximum absolute atomic E-state index is 12.8. The number of rotatable bonds is 8. The first kappa shape index (κ1) is 28.5. The minimum atomic E-state index is -3.64. The normalized spacial score (nSPS) is 30.2. The first-order chi connectivity index (χ1) is 18.2. The molecule has 6 atom stereocenters. The van der Waals surface area contributed by atoms with Gasteiger partial charge in [0.15, 0.2) is 5.13 Å². The summed E-state index contributed by atoms with van der Waals surface area (Å²) in [6.07, 6.45) is 8.48. The van der Waals surface area contributed by atoms with Crippen molar-refractivity contribution in [3.63, 3.8) is 0 Å². The predicted octanol–water partition coefficient (Wildman–Crippen LogP) is 4.64. The van der Waals surface area contributed by atoms with Gasteiger partial charge in [0, 0.05) is 17.5 Å². The SMILES string of the molecule is Cc1cnc(NC(=O)CC[C@@H]2C[C@H](OS(C)(=O)=O)[C@@]3(C)CCC4c5ccc(OS(C)(=O)=O)cc5CCC4C23)s1. The largest absolute Gasteiger partial charge is 0.383 e. The van der Waals surface area contributed by atoms with Crippen LogP contribution in [0.4, 0.5) is 5.13 Å². The average Bonchev–Trinajstić information content (AvgIpc) is 3.35. The fourth-order valence-corrected chi connectivity index (χ4v) is 9.44. The van der Waals surface area contributed by atoms with Crippen molar-refractivity contribution >= 4 is 42.6 Å². The molecule has 39 heavy (non-hydrogen) atoms. The van der Waals surface area contributed by atoms with Crippen LogP contribution in [-0.2, 0) is 35.6 Å². The molecule has 12 heteroatoms. The summed E-state index contributed by atoms with van der Waals surface area (Å²) in [4.78, 5) is 18.0. The second-order valence-electron chi connectivity index (χ2n) is 11.7. The molecule has 3 aliphatic rings. The molecule has 214 valence electrons. The molecule has 2 saturated carbocycles. The van der Waals surface area contributed by atoms with Crippen molar-refractivity contribution in [3.8, 4) is 5.75 Å². The highest BCUT2D eigenvalue weighted by Gasteiger charge is 2.59. The molecule has 3 unspecified atom stereocenters. The van der Waals surface area contributed by atoms with Gasteiger partial charge in [-0.3, -0.25) is 8.98 Å². The molecule has 1 aromatic carbocycles. The van der Waals surface area contributed by atoms with Gasteiger partial charge in [0.25, 0.3) is 10.1 Å². The van der Waals surface area contributed by atoms with Gasteiger partial charge in [-0.05, 0) is 97.8 Å². The molecule has 9 nitrogen and oxygen atoms in total. The Bertz CT molecular complexity index is 1470. The van der Waals surface area contributed by atoms with Gasteiger partial charge < -0.3 is 9.50 Å². The van der Waals surface area contributed by atoms with E-state index in [2.05, 4.69) is 17.2 Å². The van der Waals surface area contributed by atoms with Crippen LogP contribution < -0.4 is 9.50 Å². The van der Waals surface area contributed by atoms with Gasteiger partial charge in [0.1, 0.15) is 5.75 Å². The van der Waals surface area contributed by atoms with E-state index in [4.69, 9.17) is 8.37 Å². The number of carbonyl (C=O) groups excluding carboxylic acids is 1. The Morgan fingerprint density at radius 3 is 2.62 bits per heavy atom. The number of hydrogen-bond acceptors (Lipinski definition) is 9. The van der Waals surface area contributed by atoms with Crippen molar-refractivity contribution in [1.82, 2.24) is 4.98 Å². The fourth-order valence-electron chi connectivity index (χ4n) is 7.59. The highest BCUT2D eigenvalue weighted by molar-refractivity contribution is 7.86. The molecule has 2 fully saturated rings. The number of nitrogens with one attached hydrogen (secondary N) is 1. The number of carbonyl (C=O) groups is 1. The quantitative estimate of drug-likeness (QED) is 0.437. The third kappa shape index (κ3) is 6.18. The number of aromatic nitrogens is 1. The van der Waals surface area contributed by atoms with E-state index in [1.807, 2.05) is 19.1 Å². The van der Waals surface area contributed by atoms with Crippen LogP contribution in [0.2, 0.25) is 0 Å². The monoisotopic (exact) mass is 596 g/mol. The van der Waals surface area contributed by atoms with E-state index in [9.17, 15) is 21.6 Å². The first-order valence-electron chi connectivity index (χ1n) is 13.3. The lowest BCUT2D eigenvalue weighted by Gasteiger charge is -2.51. The van der Waals surface area contributed by atoms with E-state index in [-0.39, 0.29) is 29.1 Å². The third-order valence-corrected chi connectivity index (χ3v) is 10.8. The van der Waals surface area contributed by atoms with Gasteiger partial charge >= 0.3 is 10.1 Å². The van der Waals surface area contributed by atoms with Crippen molar-refractivity contribution in [2.45, 2.75) is 70.8 Å².